The lowest BCUT2D eigenvalue weighted by Gasteiger charge is -2.13. The lowest BCUT2D eigenvalue weighted by Crippen LogP contribution is -2.22. The molecule has 0 heterocycles. The van der Waals surface area contributed by atoms with Gasteiger partial charge in [0.1, 0.15) is 0 Å². The highest BCUT2D eigenvalue weighted by Crippen LogP contribution is 2.34. The van der Waals surface area contributed by atoms with Gasteiger partial charge in [-0.3, -0.25) is 4.79 Å². The van der Waals surface area contributed by atoms with E-state index in [0.29, 0.717) is 17.2 Å². The van der Waals surface area contributed by atoms with Gasteiger partial charge < -0.3 is 20.1 Å². The minimum atomic E-state index is -4.53. The summed E-state index contributed by atoms with van der Waals surface area (Å²) >= 11 is 5.85. The average molecular weight is 389 g/mol. The molecule has 1 amide bonds. The standard InChI is InChI=1S/C17H16ClF3N2O3/c1-25-14-6-4-11(8-15(14)26-2)22-9-16(24)23-13-7-10(17(19,20)21)3-5-12(13)18/h3-8,22H,9H2,1-2H3,(H,23,24). The maximum atomic E-state index is 12.7. The quantitative estimate of drug-likeness (QED) is 0.768. The first kappa shape index (κ1) is 19.7. The van der Waals surface area contributed by atoms with E-state index in [-0.39, 0.29) is 17.3 Å². The first-order chi connectivity index (χ1) is 12.2. The zero-order chi connectivity index (χ0) is 19.3. The monoisotopic (exact) mass is 388 g/mol. The van der Waals surface area contributed by atoms with Crippen molar-refractivity contribution < 1.29 is 27.4 Å². The molecule has 0 unspecified atom stereocenters. The van der Waals surface area contributed by atoms with Crippen LogP contribution in [0.15, 0.2) is 36.4 Å². The van der Waals surface area contributed by atoms with Crippen LogP contribution in [0.5, 0.6) is 11.5 Å². The second-order valence-corrected chi connectivity index (χ2v) is 5.57. The Labute approximate surface area is 153 Å². The maximum Gasteiger partial charge on any atom is 0.416 e. The molecule has 0 aliphatic heterocycles. The van der Waals surface area contributed by atoms with Gasteiger partial charge in [0, 0.05) is 11.8 Å². The van der Waals surface area contributed by atoms with Gasteiger partial charge in [-0.05, 0) is 30.3 Å². The number of anilines is 2. The molecule has 0 aromatic heterocycles. The number of hydrogen-bond donors (Lipinski definition) is 2. The molecular formula is C17H16ClF3N2O3. The molecule has 140 valence electrons. The first-order valence-corrected chi connectivity index (χ1v) is 7.75. The smallest absolute Gasteiger partial charge is 0.416 e. The van der Waals surface area contributed by atoms with Crippen molar-refractivity contribution in [3.8, 4) is 11.5 Å². The zero-order valence-electron chi connectivity index (χ0n) is 13.9. The summed E-state index contributed by atoms with van der Waals surface area (Å²) in [4.78, 5) is 12.0. The van der Waals surface area contributed by atoms with Crippen molar-refractivity contribution >= 4 is 28.9 Å². The summed E-state index contributed by atoms with van der Waals surface area (Å²) < 4.78 is 48.5. The zero-order valence-corrected chi connectivity index (χ0v) is 14.7. The molecule has 26 heavy (non-hydrogen) atoms. The van der Waals surface area contributed by atoms with Gasteiger partial charge in [0.15, 0.2) is 11.5 Å². The lowest BCUT2D eigenvalue weighted by molar-refractivity contribution is -0.137. The number of ether oxygens (including phenoxy) is 2. The summed E-state index contributed by atoms with van der Waals surface area (Å²) in [5.74, 6) is 0.443. The molecule has 5 nitrogen and oxygen atoms in total. The number of hydrogen-bond acceptors (Lipinski definition) is 4. The molecule has 0 fully saturated rings. The number of benzene rings is 2. The summed E-state index contributed by atoms with van der Waals surface area (Å²) in [7, 11) is 2.97. The van der Waals surface area contributed by atoms with Crippen LogP contribution in [0.3, 0.4) is 0 Å². The number of amides is 1. The van der Waals surface area contributed by atoms with Gasteiger partial charge in [-0.1, -0.05) is 11.6 Å². The molecule has 2 rings (SSSR count). The third kappa shape index (κ3) is 4.95. The Morgan fingerprint density at radius 2 is 1.77 bits per heavy atom. The Hall–Kier alpha value is -2.61. The van der Waals surface area contributed by atoms with Gasteiger partial charge in [0.05, 0.1) is 37.0 Å². The van der Waals surface area contributed by atoms with Crippen molar-refractivity contribution in [2.24, 2.45) is 0 Å². The topological polar surface area (TPSA) is 59.6 Å². The summed E-state index contributed by atoms with van der Waals surface area (Å²) in [6.07, 6.45) is -4.53. The van der Waals surface area contributed by atoms with E-state index in [0.717, 1.165) is 18.2 Å². The normalized spacial score (nSPS) is 11.0. The minimum Gasteiger partial charge on any atom is -0.493 e. The summed E-state index contributed by atoms with van der Waals surface area (Å²) in [6.45, 7) is -0.179. The fourth-order valence-corrected chi connectivity index (χ4v) is 2.29. The van der Waals surface area contributed by atoms with Gasteiger partial charge >= 0.3 is 6.18 Å². The molecule has 0 atom stereocenters. The van der Waals surface area contributed by atoms with Crippen LogP contribution >= 0.6 is 11.6 Å². The van der Waals surface area contributed by atoms with E-state index < -0.39 is 17.6 Å². The molecule has 2 N–H and O–H groups in total. The average Bonchev–Trinajstić information content (AvgIpc) is 2.60. The molecular weight excluding hydrogens is 373 g/mol. The van der Waals surface area contributed by atoms with Crippen LogP contribution in [-0.4, -0.2) is 26.7 Å². The number of alkyl halides is 3. The fourth-order valence-electron chi connectivity index (χ4n) is 2.12. The second-order valence-electron chi connectivity index (χ2n) is 5.16. The van der Waals surface area contributed by atoms with E-state index in [2.05, 4.69) is 10.6 Å². The SMILES string of the molecule is COc1ccc(NCC(=O)Nc2cc(C(F)(F)F)ccc2Cl)cc1OC. The molecule has 0 radical (unpaired) electrons. The van der Waals surface area contributed by atoms with Crippen molar-refractivity contribution in [3.05, 3.63) is 47.0 Å². The van der Waals surface area contributed by atoms with Crippen LogP contribution in [-0.2, 0) is 11.0 Å². The van der Waals surface area contributed by atoms with E-state index in [4.69, 9.17) is 21.1 Å². The minimum absolute atomic E-state index is 0.0115. The molecule has 2 aromatic carbocycles. The van der Waals surface area contributed by atoms with Crippen LogP contribution in [0.25, 0.3) is 0 Å². The number of carbonyl (C=O) groups excluding carboxylic acids is 1. The van der Waals surface area contributed by atoms with Gasteiger partial charge in [-0.2, -0.15) is 13.2 Å². The van der Waals surface area contributed by atoms with Gasteiger partial charge in [0.2, 0.25) is 5.91 Å². The summed E-state index contributed by atoms with van der Waals surface area (Å²) in [5.41, 5.74) is -0.432. The van der Waals surface area contributed by atoms with Crippen molar-refractivity contribution in [2.45, 2.75) is 6.18 Å². The third-order valence-corrected chi connectivity index (χ3v) is 3.73. The van der Waals surface area contributed by atoms with Crippen molar-refractivity contribution in [1.29, 1.82) is 0 Å². The van der Waals surface area contributed by atoms with Crippen LogP contribution in [0.1, 0.15) is 5.56 Å². The number of rotatable bonds is 6. The highest BCUT2D eigenvalue weighted by Gasteiger charge is 2.31. The molecule has 2 aromatic rings. The number of halogens is 4. The Morgan fingerprint density at radius 1 is 1.08 bits per heavy atom. The van der Waals surface area contributed by atoms with Crippen LogP contribution in [0.4, 0.5) is 24.5 Å². The summed E-state index contributed by atoms with van der Waals surface area (Å²) in [6, 6.07) is 7.68. The van der Waals surface area contributed by atoms with Crippen LogP contribution in [0.2, 0.25) is 5.02 Å². The number of nitrogens with one attached hydrogen (secondary N) is 2. The molecule has 0 saturated heterocycles. The molecule has 0 saturated carbocycles. The highest BCUT2D eigenvalue weighted by molar-refractivity contribution is 6.33. The largest absolute Gasteiger partial charge is 0.493 e. The Bertz CT molecular complexity index is 797. The Morgan fingerprint density at radius 3 is 2.38 bits per heavy atom. The Balaban J connectivity index is 2.03. The highest BCUT2D eigenvalue weighted by atomic mass is 35.5. The van der Waals surface area contributed by atoms with E-state index in [1.807, 2.05) is 0 Å². The van der Waals surface area contributed by atoms with E-state index in [1.54, 1.807) is 18.2 Å². The molecule has 0 aliphatic carbocycles. The third-order valence-electron chi connectivity index (χ3n) is 3.40. The Kier molecular flexibility index (Phi) is 6.20. The fraction of sp³-hybridized carbons (Fsp3) is 0.235. The van der Waals surface area contributed by atoms with Crippen molar-refractivity contribution in [3.63, 3.8) is 0 Å². The van der Waals surface area contributed by atoms with E-state index in [9.17, 15) is 18.0 Å². The van der Waals surface area contributed by atoms with Gasteiger partial charge in [0.25, 0.3) is 0 Å². The van der Waals surface area contributed by atoms with E-state index >= 15 is 0 Å². The molecule has 0 spiro atoms. The van der Waals surface area contributed by atoms with Gasteiger partial charge in [-0.15, -0.1) is 0 Å². The number of methoxy groups -OCH3 is 2. The lowest BCUT2D eigenvalue weighted by atomic mass is 10.2. The van der Waals surface area contributed by atoms with Crippen LogP contribution < -0.4 is 20.1 Å². The maximum absolute atomic E-state index is 12.7. The predicted molar refractivity (Wildman–Crippen MR) is 93.1 cm³/mol. The molecule has 0 bridgehead atoms. The summed E-state index contributed by atoms with van der Waals surface area (Å²) in [5, 5.41) is 5.21. The van der Waals surface area contributed by atoms with Crippen molar-refractivity contribution in [1.82, 2.24) is 0 Å². The molecule has 0 aliphatic rings. The first-order valence-electron chi connectivity index (χ1n) is 7.37. The van der Waals surface area contributed by atoms with Gasteiger partial charge in [-0.25, -0.2) is 0 Å². The van der Waals surface area contributed by atoms with E-state index in [1.165, 1.54) is 14.2 Å². The van der Waals surface area contributed by atoms with Crippen molar-refractivity contribution in [2.75, 3.05) is 31.4 Å². The number of carbonyl (C=O) groups is 1. The second kappa shape index (κ2) is 8.18. The van der Waals surface area contributed by atoms with Crippen LogP contribution in [0, 0.1) is 0 Å². The predicted octanol–water partition coefficient (Wildman–Crippen LogP) is 4.43. The molecule has 9 heteroatoms.